The van der Waals surface area contributed by atoms with Crippen molar-refractivity contribution >= 4 is 22.5 Å². The first-order chi connectivity index (χ1) is 10.7. The number of fused-ring (bicyclic) bond motifs is 1. The van der Waals surface area contributed by atoms with Gasteiger partial charge in [-0.15, -0.1) is 0 Å². The smallest absolute Gasteiger partial charge is 0.224 e. The fourth-order valence-electron chi connectivity index (χ4n) is 2.11. The number of aryl methyl sites for hydroxylation is 1. The normalized spacial score (nSPS) is 10.6. The Bertz CT molecular complexity index is 787. The van der Waals surface area contributed by atoms with E-state index in [-0.39, 0.29) is 0 Å². The maximum absolute atomic E-state index is 6.08. The zero-order chi connectivity index (χ0) is 15.4. The van der Waals surface area contributed by atoms with E-state index >= 15 is 0 Å². The van der Waals surface area contributed by atoms with Gasteiger partial charge >= 0.3 is 0 Å². The molecule has 0 N–H and O–H groups in total. The Morgan fingerprint density at radius 1 is 1.00 bits per heavy atom. The molecule has 5 heteroatoms. The van der Waals surface area contributed by atoms with Gasteiger partial charge < -0.3 is 9.47 Å². The van der Waals surface area contributed by atoms with Gasteiger partial charge in [0.2, 0.25) is 5.88 Å². The van der Waals surface area contributed by atoms with Gasteiger partial charge in [-0.25, -0.2) is 9.97 Å². The fraction of sp³-hybridized carbons (Fsp3) is 0.176. The molecule has 1 heterocycles. The minimum Gasteiger partial charge on any atom is -0.488 e. The van der Waals surface area contributed by atoms with Crippen molar-refractivity contribution in [1.82, 2.24) is 9.97 Å². The van der Waals surface area contributed by atoms with Crippen LogP contribution in [0.5, 0.6) is 11.6 Å². The SMILES string of the molecule is Cc1ccc(Cl)c(OCCOc2ncnc3ccccc23)c1. The summed E-state index contributed by atoms with van der Waals surface area (Å²) in [6, 6.07) is 13.4. The zero-order valence-corrected chi connectivity index (χ0v) is 12.9. The van der Waals surface area contributed by atoms with Gasteiger partial charge in [0.15, 0.2) is 0 Å². The topological polar surface area (TPSA) is 44.2 Å². The Morgan fingerprint density at radius 3 is 2.73 bits per heavy atom. The summed E-state index contributed by atoms with van der Waals surface area (Å²) in [5.74, 6) is 1.22. The highest BCUT2D eigenvalue weighted by Crippen LogP contribution is 2.25. The Hall–Kier alpha value is -2.33. The molecule has 0 unspecified atom stereocenters. The molecule has 0 aliphatic carbocycles. The molecule has 0 bridgehead atoms. The third kappa shape index (κ3) is 3.28. The molecule has 3 rings (SSSR count). The molecule has 0 saturated carbocycles. The van der Waals surface area contributed by atoms with Crippen molar-refractivity contribution < 1.29 is 9.47 Å². The number of hydrogen-bond donors (Lipinski definition) is 0. The maximum Gasteiger partial charge on any atom is 0.224 e. The van der Waals surface area contributed by atoms with E-state index in [1.807, 2.05) is 49.4 Å². The lowest BCUT2D eigenvalue weighted by molar-refractivity contribution is 0.213. The van der Waals surface area contributed by atoms with Gasteiger partial charge in [-0.05, 0) is 36.8 Å². The number of hydrogen-bond acceptors (Lipinski definition) is 4. The standard InChI is InChI=1S/C17H15ClN2O2/c1-12-6-7-14(18)16(10-12)21-8-9-22-17-13-4-2-3-5-15(13)19-11-20-17/h2-7,10-11H,8-9H2,1H3. The van der Waals surface area contributed by atoms with Crippen LogP contribution >= 0.6 is 11.6 Å². The minimum atomic E-state index is 0.380. The van der Waals surface area contributed by atoms with Crippen molar-refractivity contribution in [3.8, 4) is 11.6 Å². The number of aromatic nitrogens is 2. The maximum atomic E-state index is 6.08. The molecule has 0 saturated heterocycles. The number of rotatable bonds is 5. The highest BCUT2D eigenvalue weighted by atomic mass is 35.5. The molecule has 0 radical (unpaired) electrons. The summed E-state index contributed by atoms with van der Waals surface area (Å²) in [6.45, 7) is 2.76. The lowest BCUT2D eigenvalue weighted by atomic mass is 10.2. The predicted molar refractivity (Wildman–Crippen MR) is 86.7 cm³/mol. The summed E-state index contributed by atoms with van der Waals surface area (Å²) in [5.41, 5.74) is 1.96. The van der Waals surface area contributed by atoms with E-state index < -0.39 is 0 Å². The average molecular weight is 315 g/mol. The first kappa shape index (κ1) is 14.6. The Labute approximate surface area is 133 Å². The summed E-state index contributed by atoms with van der Waals surface area (Å²) in [7, 11) is 0. The second-order valence-corrected chi connectivity index (χ2v) is 5.23. The Balaban J connectivity index is 1.62. The molecule has 3 aromatic rings. The number of para-hydroxylation sites is 1. The van der Waals surface area contributed by atoms with E-state index in [2.05, 4.69) is 9.97 Å². The summed E-state index contributed by atoms with van der Waals surface area (Å²) in [5, 5.41) is 1.48. The molecule has 0 atom stereocenters. The summed E-state index contributed by atoms with van der Waals surface area (Å²) in [6.07, 6.45) is 1.50. The number of benzene rings is 2. The van der Waals surface area contributed by atoms with Crippen LogP contribution < -0.4 is 9.47 Å². The first-order valence-corrected chi connectivity index (χ1v) is 7.33. The number of ether oxygens (including phenoxy) is 2. The van der Waals surface area contributed by atoms with Crippen LogP contribution in [0.1, 0.15) is 5.56 Å². The fourth-order valence-corrected chi connectivity index (χ4v) is 2.28. The molecule has 1 aromatic heterocycles. The van der Waals surface area contributed by atoms with Crippen molar-refractivity contribution in [2.45, 2.75) is 6.92 Å². The monoisotopic (exact) mass is 314 g/mol. The van der Waals surface area contributed by atoms with Gasteiger partial charge in [0.25, 0.3) is 0 Å². The van der Waals surface area contributed by atoms with Crippen LogP contribution in [0.4, 0.5) is 0 Å². The van der Waals surface area contributed by atoms with Crippen LogP contribution in [-0.4, -0.2) is 23.2 Å². The second kappa shape index (κ2) is 6.62. The minimum absolute atomic E-state index is 0.380. The predicted octanol–water partition coefficient (Wildman–Crippen LogP) is 4.05. The molecular formula is C17H15ClN2O2. The van der Waals surface area contributed by atoms with E-state index in [0.717, 1.165) is 16.5 Å². The van der Waals surface area contributed by atoms with Crippen molar-refractivity contribution in [2.24, 2.45) is 0 Å². The highest BCUT2D eigenvalue weighted by Gasteiger charge is 2.05. The summed E-state index contributed by atoms with van der Waals surface area (Å²) < 4.78 is 11.3. The summed E-state index contributed by atoms with van der Waals surface area (Å²) >= 11 is 6.08. The molecule has 112 valence electrons. The van der Waals surface area contributed by atoms with Crippen LogP contribution in [0.3, 0.4) is 0 Å². The molecule has 0 fully saturated rings. The molecule has 0 aliphatic rings. The molecule has 22 heavy (non-hydrogen) atoms. The zero-order valence-electron chi connectivity index (χ0n) is 12.1. The van der Waals surface area contributed by atoms with Gasteiger partial charge in [-0.2, -0.15) is 0 Å². The average Bonchev–Trinajstić information content (AvgIpc) is 2.54. The quantitative estimate of drug-likeness (QED) is 0.666. The van der Waals surface area contributed by atoms with Gasteiger partial charge in [0, 0.05) is 0 Å². The van der Waals surface area contributed by atoms with Crippen LogP contribution in [-0.2, 0) is 0 Å². The first-order valence-electron chi connectivity index (χ1n) is 6.95. The number of halogens is 1. The lowest BCUT2D eigenvalue weighted by Crippen LogP contribution is -2.10. The van der Waals surface area contributed by atoms with Gasteiger partial charge in [0.1, 0.15) is 25.3 Å². The third-order valence-corrected chi connectivity index (χ3v) is 3.48. The van der Waals surface area contributed by atoms with Crippen molar-refractivity contribution in [3.63, 3.8) is 0 Å². The molecule has 0 spiro atoms. The van der Waals surface area contributed by atoms with E-state index in [0.29, 0.717) is 29.9 Å². The Morgan fingerprint density at radius 2 is 1.82 bits per heavy atom. The molecule has 0 aliphatic heterocycles. The van der Waals surface area contributed by atoms with E-state index in [1.54, 1.807) is 0 Å². The van der Waals surface area contributed by atoms with E-state index in [4.69, 9.17) is 21.1 Å². The van der Waals surface area contributed by atoms with Gasteiger partial charge in [0.05, 0.1) is 15.9 Å². The van der Waals surface area contributed by atoms with Crippen molar-refractivity contribution in [2.75, 3.05) is 13.2 Å². The van der Waals surface area contributed by atoms with Gasteiger partial charge in [-0.1, -0.05) is 29.8 Å². The van der Waals surface area contributed by atoms with Crippen LogP contribution in [0.15, 0.2) is 48.8 Å². The molecule has 0 amide bonds. The third-order valence-electron chi connectivity index (χ3n) is 3.17. The van der Waals surface area contributed by atoms with Crippen molar-refractivity contribution in [1.29, 1.82) is 0 Å². The van der Waals surface area contributed by atoms with Crippen LogP contribution in [0, 0.1) is 6.92 Å². The lowest BCUT2D eigenvalue weighted by Gasteiger charge is -2.10. The Kier molecular flexibility index (Phi) is 4.39. The number of nitrogens with zero attached hydrogens (tertiary/aromatic N) is 2. The largest absolute Gasteiger partial charge is 0.488 e. The molecule has 4 nitrogen and oxygen atoms in total. The van der Waals surface area contributed by atoms with Crippen molar-refractivity contribution in [3.05, 3.63) is 59.4 Å². The molecule has 2 aromatic carbocycles. The highest BCUT2D eigenvalue weighted by molar-refractivity contribution is 6.32. The summed E-state index contributed by atoms with van der Waals surface area (Å²) in [4.78, 5) is 8.37. The second-order valence-electron chi connectivity index (χ2n) is 4.83. The van der Waals surface area contributed by atoms with Gasteiger partial charge in [-0.3, -0.25) is 0 Å². The van der Waals surface area contributed by atoms with E-state index in [9.17, 15) is 0 Å². The molecular weight excluding hydrogens is 300 g/mol. The van der Waals surface area contributed by atoms with E-state index in [1.165, 1.54) is 6.33 Å². The van der Waals surface area contributed by atoms with Crippen LogP contribution in [0.25, 0.3) is 10.9 Å². The van der Waals surface area contributed by atoms with Crippen LogP contribution in [0.2, 0.25) is 5.02 Å².